The molecule has 1 aromatic rings. The van der Waals surface area contributed by atoms with Gasteiger partial charge in [-0.2, -0.15) is 0 Å². The van der Waals surface area contributed by atoms with Crippen LogP contribution in [-0.4, -0.2) is 36.5 Å². The number of amides is 3. The maximum absolute atomic E-state index is 12.8. The van der Waals surface area contributed by atoms with Gasteiger partial charge in [-0.1, -0.05) is 49.6 Å². The van der Waals surface area contributed by atoms with E-state index in [9.17, 15) is 9.59 Å². The number of benzene rings is 1. The van der Waals surface area contributed by atoms with Crippen LogP contribution in [0.1, 0.15) is 50.5 Å². The van der Waals surface area contributed by atoms with E-state index in [1.807, 2.05) is 35.2 Å². The molecule has 2 N–H and O–H groups in total. The van der Waals surface area contributed by atoms with Crippen LogP contribution in [0.15, 0.2) is 30.3 Å². The molecule has 1 aliphatic heterocycles. The zero-order valence-corrected chi connectivity index (χ0v) is 16.1. The van der Waals surface area contributed by atoms with Crippen molar-refractivity contribution in [3.05, 3.63) is 35.9 Å². The van der Waals surface area contributed by atoms with Crippen molar-refractivity contribution in [1.29, 1.82) is 0 Å². The summed E-state index contributed by atoms with van der Waals surface area (Å²) < 4.78 is 0. The molecule has 1 aromatic carbocycles. The monoisotopic (exact) mass is 369 g/mol. The predicted molar refractivity (Wildman–Crippen MR) is 105 cm³/mol. The van der Waals surface area contributed by atoms with Gasteiger partial charge in [-0.15, -0.1) is 0 Å². The highest BCUT2D eigenvalue weighted by Crippen LogP contribution is 2.47. The van der Waals surface area contributed by atoms with E-state index >= 15 is 0 Å². The van der Waals surface area contributed by atoms with Crippen LogP contribution in [0.25, 0.3) is 0 Å². The van der Waals surface area contributed by atoms with Gasteiger partial charge in [-0.05, 0) is 36.7 Å². The number of urea groups is 1. The van der Waals surface area contributed by atoms with Crippen molar-refractivity contribution in [3.8, 4) is 0 Å². The molecule has 27 heavy (non-hydrogen) atoms. The van der Waals surface area contributed by atoms with Gasteiger partial charge in [0.25, 0.3) is 0 Å². The molecule has 4 rings (SSSR count). The zero-order chi connectivity index (χ0) is 18.7. The summed E-state index contributed by atoms with van der Waals surface area (Å²) in [6.45, 7) is 2.87. The first-order valence-electron chi connectivity index (χ1n) is 10.5. The summed E-state index contributed by atoms with van der Waals surface area (Å²) >= 11 is 0. The molecular weight excluding hydrogens is 338 g/mol. The van der Waals surface area contributed by atoms with Gasteiger partial charge in [-0.25, -0.2) is 4.79 Å². The highest BCUT2D eigenvalue weighted by molar-refractivity contribution is 5.80. The summed E-state index contributed by atoms with van der Waals surface area (Å²) in [5, 5.41) is 6.25. The van der Waals surface area contributed by atoms with E-state index in [4.69, 9.17) is 0 Å². The molecule has 3 aliphatic rings. The topological polar surface area (TPSA) is 61.4 Å². The Morgan fingerprint density at radius 3 is 2.48 bits per heavy atom. The van der Waals surface area contributed by atoms with Gasteiger partial charge in [0, 0.05) is 38.0 Å². The van der Waals surface area contributed by atoms with E-state index in [0.717, 1.165) is 38.0 Å². The Balaban J connectivity index is 1.36. The van der Waals surface area contributed by atoms with Crippen molar-refractivity contribution in [1.82, 2.24) is 15.5 Å². The van der Waals surface area contributed by atoms with E-state index in [0.29, 0.717) is 12.5 Å². The minimum absolute atomic E-state index is 0.0276. The van der Waals surface area contributed by atoms with Gasteiger partial charge in [0.1, 0.15) is 0 Å². The Morgan fingerprint density at radius 1 is 1.04 bits per heavy atom. The first-order chi connectivity index (χ1) is 13.2. The van der Waals surface area contributed by atoms with E-state index in [1.165, 1.54) is 32.1 Å². The fourth-order valence-electron chi connectivity index (χ4n) is 4.89. The van der Waals surface area contributed by atoms with Crippen LogP contribution in [0.2, 0.25) is 0 Å². The quantitative estimate of drug-likeness (QED) is 0.836. The normalized spacial score (nSPS) is 24.0. The number of hydrogen-bond donors (Lipinski definition) is 2. The van der Waals surface area contributed by atoms with E-state index < -0.39 is 0 Å². The smallest absolute Gasteiger partial charge is 0.317 e. The largest absolute Gasteiger partial charge is 0.355 e. The van der Waals surface area contributed by atoms with Crippen molar-refractivity contribution in [2.45, 2.75) is 51.5 Å². The van der Waals surface area contributed by atoms with Crippen LogP contribution < -0.4 is 10.6 Å². The third kappa shape index (κ3) is 4.28. The molecule has 5 heteroatoms. The molecule has 3 fully saturated rings. The number of nitrogens with zero attached hydrogens (tertiary/aromatic N) is 1. The average molecular weight is 370 g/mol. The van der Waals surface area contributed by atoms with Crippen molar-refractivity contribution in [2.75, 3.05) is 19.6 Å². The number of nitrogens with one attached hydrogen (secondary N) is 2. The second kappa shape index (κ2) is 7.91. The van der Waals surface area contributed by atoms with E-state index in [-0.39, 0.29) is 23.3 Å². The molecule has 2 aliphatic carbocycles. The Hall–Kier alpha value is -2.04. The Bertz CT molecular complexity index is 665. The molecule has 1 spiro atoms. The lowest BCUT2D eigenvalue weighted by Crippen LogP contribution is -2.40. The van der Waals surface area contributed by atoms with Crippen LogP contribution in [0, 0.1) is 17.3 Å². The minimum atomic E-state index is 0.0276. The van der Waals surface area contributed by atoms with Gasteiger partial charge >= 0.3 is 6.03 Å². The van der Waals surface area contributed by atoms with E-state index in [1.54, 1.807) is 0 Å². The summed E-state index contributed by atoms with van der Waals surface area (Å²) in [4.78, 5) is 26.9. The number of carbonyl (C=O) groups is 2. The van der Waals surface area contributed by atoms with E-state index in [2.05, 4.69) is 10.6 Å². The second-order valence-electron chi connectivity index (χ2n) is 8.66. The molecule has 1 heterocycles. The summed E-state index contributed by atoms with van der Waals surface area (Å²) in [5.41, 5.74) is 1.31. The van der Waals surface area contributed by atoms with Crippen molar-refractivity contribution in [3.63, 3.8) is 0 Å². The van der Waals surface area contributed by atoms with Gasteiger partial charge in [0.2, 0.25) is 5.91 Å². The second-order valence-corrected chi connectivity index (χ2v) is 8.66. The first kappa shape index (κ1) is 18.3. The summed E-state index contributed by atoms with van der Waals surface area (Å²) in [7, 11) is 0. The molecular formula is C22H31N3O2. The minimum Gasteiger partial charge on any atom is -0.355 e. The number of hydrogen-bond acceptors (Lipinski definition) is 2. The van der Waals surface area contributed by atoms with Crippen LogP contribution >= 0.6 is 0 Å². The average Bonchev–Trinajstić information content (AvgIpc) is 3.50. The Kier molecular flexibility index (Phi) is 5.37. The summed E-state index contributed by atoms with van der Waals surface area (Å²) in [6.07, 6.45) is 8.21. The Labute approximate surface area is 161 Å². The number of carbonyl (C=O) groups excluding carboxylic acids is 2. The molecule has 0 radical (unpaired) electrons. The molecule has 1 unspecified atom stereocenters. The fraction of sp³-hybridized carbons (Fsp3) is 0.636. The molecule has 1 atom stereocenters. The van der Waals surface area contributed by atoms with Crippen LogP contribution in [0.5, 0.6) is 0 Å². The van der Waals surface area contributed by atoms with Gasteiger partial charge in [-0.3, -0.25) is 4.79 Å². The lowest BCUT2D eigenvalue weighted by molar-refractivity contribution is -0.122. The summed E-state index contributed by atoms with van der Waals surface area (Å²) in [5.74, 6) is 0.842. The van der Waals surface area contributed by atoms with Gasteiger partial charge < -0.3 is 15.5 Å². The molecule has 0 aromatic heterocycles. The lowest BCUT2D eigenvalue weighted by atomic mass is 9.67. The maximum Gasteiger partial charge on any atom is 0.317 e. The molecule has 0 bridgehead atoms. The highest BCUT2D eigenvalue weighted by atomic mass is 16.2. The van der Waals surface area contributed by atoms with Crippen molar-refractivity contribution < 1.29 is 9.59 Å². The molecule has 1 saturated heterocycles. The zero-order valence-electron chi connectivity index (χ0n) is 16.1. The lowest BCUT2D eigenvalue weighted by Gasteiger charge is -2.38. The van der Waals surface area contributed by atoms with Crippen molar-refractivity contribution in [2.24, 2.45) is 17.3 Å². The number of rotatable bonds is 5. The molecule has 146 valence electrons. The third-order valence-corrected chi connectivity index (χ3v) is 6.71. The maximum atomic E-state index is 12.8. The van der Waals surface area contributed by atoms with Crippen LogP contribution in [-0.2, 0) is 11.3 Å². The van der Waals surface area contributed by atoms with Gasteiger partial charge in [0.05, 0.1) is 0 Å². The molecule has 5 nitrogen and oxygen atoms in total. The molecule has 2 saturated carbocycles. The Morgan fingerprint density at radius 2 is 1.78 bits per heavy atom. The van der Waals surface area contributed by atoms with Crippen LogP contribution in [0.3, 0.4) is 0 Å². The summed E-state index contributed by atoms with van der Waals surface area (Å²) in [6, 6.07) is 10.1. The predicted octanol–water partition coefficient (Wildman–Crippen LogP) is 3.30. The van der Waals surface area contributed by atoms with Crippen LogP contribution in [0.4, 0.5) is 4.79 Å². The first-order valence-corrected chi connectivity index (χ1v) is 10.5. The standard InChI is InChI=1S/C22H31N3O2/c26-20(18-9-10-18)23-14-19-15-25(16-22(19)11-5-2-6-12-22)21(27)24-13-17-7-3-1-4-8-17/h1,3-4,7-8,18-19H,2,5-6,9-16H2,(H,23,26)(H,24,27). The molecule has 3 amide bonds. The fourth-order valence-corrected chi connectivity index (χ4v) is 4.89. The number of likely N-dealkylation sites (tertiary alicyclic amines) is 1. The van der Waals surface area contributed by atoms with Crippen molar-refractivity contribution >= 4 is 11.9 Å². The van der Waals surface area contributed by atoms with Gasteiger partial charge in [0.15, 0.2) is 0 Å². The third-order valence-electron chi connectivity index (χ3n) is 6.71. The highest BCUT2D eigenvalue weighted by Gasteiger charge is 2.48. The SMILES string of the molecule is O=C(NCC1CN(C(=O)NCc2ccccc2)CC12CCCCC2)C1CC1.